The Hall–Kier alpha value is -0.160. The second-order valence-electron chi connectivity index (χ2n) is 44.5. The van der Waals surface area contributed by atoms with Gasteiger partial charge in [0.15, 0.2) is 0 Å². The van der Waals surface area contributed by atoms with Crippen LogP contribution in [0.15, 0.2) is 0 Å². The van der Waals surface area contributed by atoms with Gasteiger partial charge >= 0.3 is 0 Å². The molecule has 24 atom stereocenters. The van der Waals surface area contributed by atoms with Crippen LogP contribution in [0, 0.1) is 124 Å². The second-order valence-corrected chi connectivity index (χ2v) is 44.5. The molecule has 24 unspecified atom stereocenters. The number of fused-ring (bicyclic) bond motifs is 15. The van der Waals surface area contributed by atoms with Gasteiger partial charge in [0.05, 0.1) is 0 Å². The molecule has 0 radical (unpaired) electrons. The lowest BCUT2D eigenvalue weighted by Crippen LogP contribution is -2.49. The van der Waals surface area contributed by atoms with Gasteiger partial charge in [0, 0.05) is 72.5 Å². The van der Waals surface area contributed by atoms with Gasteiger partial charge in [-0.2, -0.15) is 0 Å². The predicted octanol–water partition coefficient (Wildman–Crippen LogP) is 26.2. The molecule has 15 saturated carbocycles. The van der Waals surface area contributed by atoms with Crippen molar-refractivity contribution in [2.24, 2.45) is 124 Å². The molecular weight excluding hydrogens is 1250 g/mol. The molecule has 19 fully saturated rings. The quantitative estimate of drug-likeness (QED) is 0.113. The van der Waals surface area contributed by atoms with E-state index in [0.29, 0.717) is 5.41 Å². The van der Waals surface area contributed by atoms with Crippen LogP contribution in [-0.4, -0.2) is 92.1 Å². The topological polar surface area (TPSA) is 13.0 Å². The molecule has 4 aliphatic heterocycles. The zero-order chi connectivity index (χ0) is 68.5. The van der Waals surface area contributed by atoms with E-state index in [1.165, 1.54) is 64.2 Å². The minimum atomic E-state index is 0.679. The minimum Gasteiger partial charge on any atom is -0.294 e. The molecular formula is C99H166N4. The Morgan fingerprint density at radius 2 is 0.476 bits per heavy atom. The average molecular weight is 1410 g/mol. The van der Waals surface area contributed by atoms with Crippen molar-refractivity contribution in [1.29, 1.82) is 0 Å². The first-order valence-electron chi connectivity index (χ1n) is 50.0. The van der Waals surface area contributed by atoms with Crippen LogP contribution >= 0.6 is 0 Å². The standard InChI is InChI=1S/C99H166N4/c1-67-37-57-79-80-58-38-68(2)64-90(80)99(89(79)63-67,61-21-5-3-7-23-69-39-59-97-87(65-69)85-29-13-19-35-95(85)102(97)77-53-45-73(46-54-77)71-41-49-75(50-42-71)100-91-31-15-9-25-81(91)82-26-10-16-32-92(82)100)62-22-6-4-8-24-70-40-60-98-88(66-70)86-30-14-20-36-96(86)103(98)78-55-47-74(48-56-78)72-43-51-76(52-44-72)101-93-33-17-11-27-83(93)84-28-12-18-34-94(84)101/h67-98H,3-66H2,1-2H3. The van der Waals surface area contributed by atoms with Gasteiger partial charge in [-0.05, 0) is 381 Å². The van der Waals surface area contributed by atoms with Gasteiger partial charge in [0.1, 0.15) is 0 Å². The fourth-order valence-corrected chi connectivity index (χ4v) is 36.2. The van der Waals surface area contributed by atoms with Gasteiger partial charge in [0.2, 0.25) is 0 Å². The molecule has 0 amide bonds. The van der Waals surface area contributed by atoms with E-state index in [2.05, 4.69) is 33.4 Å². The molecule has 19 rings (SSSR count). The number of unbranched alkanes of at least 4 members (excludes halogenated alkanes) is 6. The van der Waals surface area contributed by atoms with Gasteiger partial charge in [-0.1, -0.05) is 168 Å². The first kappa shape index (κ1) is 73.0. The summed E-state index contributed by atoms with van der Waals surface area (Å²) in [5.74, 6) is 21.0. The summed E-state index contributed by atoms with van der Waals surface area (Å²) in [6.45, 7) is 5.38. The van der Waals surface area contributed by atoms with Gasteiger partial charge in [-0.3, -0.25) is 19.6 Å². The number of nitrogens with zero attached hydrogens (tertiary/aromatic N) is 4. The van der Waals surface area contributed by atoms with Crippen LogP contribution in [0.5, 0.6) is 0 Å². The lowest BCUT2D eigenvalue weighted by atomic mass is 9.59. The number of rotatable bonds is 20. The maximum atomic E-state index is 3.37. The molecule has 582 valence electrons. The molecule has 4 heterocycles. The van der Waals surface area contributed by atoms with Gasteiger partial charge < -0.3 is 0 Å². The Bertz CT molecular complexity index is 2430. The van der Waals surface area contributed by atoms with Gasteiger partial charge in [-0.15, -0.1) is 0 Å². The van der Waals surface area contributed by atoms with Crippen LogP contribution in [0.2, 0.25) is 0 Å². The third-order valence-corrected chi connectivity index (χ3v) is 40.2. The smallest absolute Gasteiger partial charge is 0.0133 e. The molecule has 19 aliphatic rings. The largest absolute Gasteiger partial charge is 0.294 e. The van der Waals surface area contributed by atoms with E-state index in [0.717, 1.165) is 191 Å². The third kappa shape index (κ3) is 14.4. The summed E-state index contributed by atoms with van der Waals surface area (Å²) in [4.78, 5) is 13.3. The van der Waals surface area contributed by atoms with E-state index >= 15 is 0 Å². The van der Waals surface area contributed by atoms with Crippen LogP contribution in [0.1, 0.15) is 425 Å². The molecule has 0 bridgehead atoms. The minimum absolute atomic E-state index is 0.679. The molecule has 0 aromatic carbocycles. The van der Waals surface area contributed by atoms with E-state index < -0.39 is 0 Å². The summed E-state index contributed by atoms with van der Waals surface area (Å²) < 4.78 is 0. The molecule has 0 N–H and O–H groups in total. The third-order valence-electron chi connectivity index (χ3n) is 40.2. The summed E-state index contributed by atoms with van der Waals surface area (Å²) >= 11 is 0. The Morgan fingerprint density at radius 1 is 0.214 bits per heavy atom. The van der Waals surface area contributed by atoms with Crippen LogP contribution in [0.4, 0.5) is 0 Å². The first-order valence-corrected chi connectivity index (χ1v) is 50.0. The van der Waals surface area contributed by atoms with E-state index in [1.807, 2.05) is 0 Å². The highest BCUT2D eigenvalue weighted by Crippen LogP contribution is 2.69. The summed E-state index contributed by atoms with van der Waals surface area (Å²) in [6, 6.07) is 11.5. The van der Waals surface area contributed by atoms with E-state index in [9.17, 15) is 0 Å². The van der Waals surface area contributed by atoms with Crippen molar-refractivity contribution in [3.05, 3.63) is 0 Å². The summed E-state index contributed by atoms with van der Waals surface area (Å²) in [7, 11) is 0. The molecule has 0 aromatic heterocycles. The Labute approximate surface area is 636 Å². The van der Waals surface area contributed by atoms with Crippen molar-refractivity contribution in [3.8, 4) is 0 Å². The van der Waals surface area contributed by atoms with E-state index in [4.69, 9.17) is 0 Å². The maximum Gasteiger partial charge on any atom is 0.0133 e. The van der Waals surface area contributed by atoms with Crippen LogP contribution in [-0.2, 0) is 0 Å². The van der Waals surface area contributed by atoms with Gasteiger partial charge in [0.25, 0.3) is 0 Å². The Kier molecular flexibility index (Phi) is 23.2. The Morgan fingerprint density at radius 3 is 0.777 bits per heavy atom. The van der Waals surface area contributed by atoms with Crippen LogP contribution < -0.4 is 0 Å². The van der Waals surface area contributed by atoms with Crippen molar-refractivity contribution in [1.82, 2.24) is 19.6 Å². The predicted molar refractivity (Wildman–Crippen MR) is 432 cm³/mol. The number of hydrogen-bond donors (Lipinski definition) is 0. The van der Waals surface area contributed by atoms with Crippen molar-refractivity contribution in [3.63, 3.8) is 0 Å². The van der Waals surface area contributed by atoms with Crippen molar-refractivity contribution in [2.75, 3.05) is 0 Å². The highest BCUT2D eigenvalue weighted by molar-refractivity contribution is 5.13. The fraction of sp³-hybridized carbons (Fsp3) is 1.00. The van der Waals surface area contributed by atoms with Crippen LogP contribution in [0.3, 0.4) is 0 Å². The molecule has 4 nitrogen and oxygen atoms in total. The van der Waals surface area contributed by atoms with Gasteiger partial charge in [-0.25, -0.2) is 0 Å². The highest BCUT2D eigenvalue weighted by Gasteiger charge is 2.62. The lowest BCUT2D eigenvalue weighted by Gasteiger charge is -2.47. The van der Waals surface area contributed by atoms with E-state index in [1.54, 1.807) is 347 Å². The molecule has 4 heteroatoms. The monoisotopic (exact) mass is 1410 g/mol. The summed E-state index contributed by atoms with van der Waals surface area (Å²) in [6.07, 6.45) is 100. The lowest BCUT2D eigenvalue weighted by molar-refractivity contribution is 0.0247. The SMILES string of the molecule is CC1CCC2C3CCC(C)CC3C(CCCCCCC3CCC4C(C3)C3CCCCC3N4C3CCC(C4CCC(N5C6CCCCC6C6CCCCC65)CC4)CC3)(CCCCCCC3CCC4C(C3)C3CCCCC3N4C3CCC(C4CCC(N5C6CCCCC6C6CCCCC65)CC4)CC3)C2C1. The number of likely N-dealkylation sites (tertiary alicyclic amines) is 4. The summed E-state index contributed by atoms with van der Waals surface area (Å²) in [5, 5.41) is 0. The fourth-order valence-electron chi connectivity index (χ4n) is 36.2. The summed E-state index contributed by atoms with van der Waals surface area (Å²) in [5.41, 5.74) is 0.679. The van der Waals surface area contributed by atoms with Crippen molar-refractivity contribution < 1.29 is 0 Å². The van der Waals surface area contributed by atoms with Crippen molar-refractivity contribution >= 4 is 0 Å². The molecule has 0 spiro atoms. The first-order chi connectivity index (χ1) is 50.9. The average Bonchev–Trinajstić information content (AvgIpc) is 1.56. The molecule has 0 aromatic rings. The highest BCUT2D eigenvalue weighted by atomic mass is 15.3. The molecule has 103 heavy (non-hydrogen) atoms. The van der Waals surface area contributed by atoms with E-state index in [-0.39, 0.29) is 0 Å². The normalized spacial score (nSPS) is 51.1. The molecule has 15 aliphatic carbocycles. The number of hydrogen-bond acceptors (Lipinski definition) is 4. The van der Waals surface area contributed by atoms with Crippen LogP contribution in [0.25, 0.3) is 0 Å². The zero-order valence-corrected chi connectivity index (χ0v) is 68.0. The Balaban J connectivity index is 0.420. The maximum absolute atomic E-state index is 3.37. The second kappa shape index (κ2) is 32.7. The molecule has 4 saturated heterocycles. The zero-order valence-electron chi connectivity index (χ0n) is 68.0. The van der Waals surface area contributed by atoms with Crippen molar-refractivity contribution in [2.45, 2.75) is 497 Å².